The molecule has 0 aliphatic carbocycles. The lowest BCUT2D eigenvalue weighted by Gasteiger charge is -2.17. The van der Waals surface area contributed by atoms with Gasteiger partial charge in [0.05, 0.1) is 11.6 Å². The van der Waals surface area contributed by atoms with Crippen LogP contribution in [0.3, 0.4) is 0 Å². The standard InChI is InChI=1S/C14H16ClN3O2/c1-8(2)11-12(15)17-14(20)18(13(11)19)9(3)10-4-6-16-7-5-10/h4-9H,1-3H3,(H,17,20). The Morgan fingerprint density at radius 1 is 1.20 bits per heavy atom. The Hall–Kier alpha value is -1.88. The molecule has 106 valence electrons. The molecule has 1 atom stereocenters. The molecule has 0 saturated carbocycles. The van der Waals surface area contributed by atoms with Crippen LogP contribution in [0.1, 0.15) is 43.9 Å². The summed E-state index contributed by atoms with van der Waals surface area (Å²) in [4.78, 5) is 31.0. The number of nitrogens with one attached hydrogen (secondary N) is 1. The SMILES string of the molecule is CC(C)c1c(Cl)[nH]c(=O)n(C(C)c2ccncc2)c1=O. The minimum Gasteiger partial charge on any atom is -0.297 e. The highest BCUT2D eigenvalue weighted by atomic mass is 35.5. The molecule has 0 aromatic carbocycles. The number of halogens is 1. The Morgan fingerprint density at radius 3 is 2.35 bits per heavy atom. The molecule has 0 radical (unpaired) electrons. The molecule has 6 heteroatoms. The van der Waals surface area contributed by atoms with Gasteiger partial charge in [0, 0.05) is 12.4 Å². The molecule has 2 aromatic rings. The molecule has 20 heavy (non-hydrogen) atoms. The van der Waals surface area contributed by atoms with Crippen molar-refractivity contribution in [1.82, 2.24) is 14.5 Å². The highest BCUT2D eigenvalue weighted by Crippen LogP contribution is 2.19. The fourth-order valence-electron chi connectivity index (χ4n) is 2.18. The molecule has 0 aliphatic rings. The summed E-state index contributed by atoms with van der Waals surface area (Å²) in [6.07, 6.45) is 3.26. The topological polar surface area (TPSA) is 67.8 Å². The van der Waals surface area contributed by atoms with Gasteiger partial charge in [-0.05, 0) is 30.5 Å². The first-order valence-electron chi connectivity index (χ1n) is 6.37. The first-order chi connectivity index (χ1) is 9.43. The van der Waals surface area contributed by atoms with E-state index in [1.165, 1.54) is 4.57 Å². The van der Waals surface area contributed by atoms with Gasteiger partial charge in [0.15, 0.2) is 0 Å². The lowest BCUT2D eigenvalue weighted by atomic mass is 10.1. The van der Waals surface area contributed by atoms with Crippen molar-refractivity contribution in [3.63, 3.8) is 0 Å². The summed E-state index contributed by atoms with van der Waals surface area (Å²) < 4.78 is 1.19. The minimum absolute atomic E-state index is 0.0669. The fourth-order valence-corrected chi connectivity index (χ4v) is 2.56. The van der Waals surface area contributed by atoms with Crippen LogP contribution >= 0.6 is 11.6 Å². The van der Waals surface area contributed by atoms with E-state index in [9.17, 15) is 9.59 Å². The van der Waals surface area contributed by atoms with Gasteiger partial charge in [-0.15, -0.1) is 0 Å². The first-order valence-corrected chi connectivity index (χ1v) is 6.75. The van der Waals surface area contributed by atoms with Crippen molar-refractivity contribution in [3.8, 4) is 0 Å². The van der Waals surface area contributed by atoms with E-state index in [4.69, 9.17) is 11.6 Å². The van der Waals surface area contributed by atoms with Crippen LogP contribution in [0.5, 0.6) is 0 Å². The molecule has 0 fully saturated rings. The van der Waals surface area contributed by atoms with Gasteiger partial charge in [0.1, 0.15) is 5.15 Å². The molecule has 0 spiro atoms. The molecule has 2 heterocycles. The summed E-state index contributed by atoms with van der Waals surface area (Å²) in [5.74, 6) is -0.0669. The Morgan fingerprint density at radius 2 is 1.80 bits per heavy atom. The molecule has 0 saturated heterocycles. The summed E-state index contributed by atoms with van der Waals surface area (Å²) in [6, 6.07) is 3.17. The first kappa shape index (κ1) is 14.5. The smallest absolute Gasteiger partial charge is 0.297 e. The van der Waals surface area contributed by atoms with Gasteiger partial charge in [-0.1, -0.05) is 25.4 Å². The van der Waals surface area contributed by atoms with Gasteiger partial charge in [-0.3, -0.25) is 19.3 Å². The van der Waals surface area contributed by atoms with Crippen molar-refractivity contribution < 1.29 is 0 Å². The van der Waals surface area contributed by atoms with Crippen LogP contribution in [0, 0.1) is 0 Å². The second-order valence-corrected chi connectivity index (χ2v) is 5.32. The predicted octanol–water partition coefficient (Wildman–Crippen LogP) is 2.32. The molecular formula is C14H16ClN3O2. The van der Waals surface area contributed by atoms with E-state index in [1.54, 1.807) is 31.5 Å². The highest BCUT2D eigenvalue weighted by Gasteiger charge is 2.19. The molecule has 2 rings (SSSR count). The third kappa shape index (κ3) is 2.54. The lowest BCUT2D eigenvalue weighted by Crippen LogP contribution is -2.40. The van der Waals surface area contributed by atoms with Gasteiger partial charge in [0.2, 0.25) is 0 Å². The molecule has 1 N–H and O–H groups in total. The number of aromatic nitrogens is 3. The zero-order valence-electron chi connectivity index (χ0n) is 11.6. The number of hydrogen-bond donors (Lipinski definition) is 1. The van der Waals surface area contributed by atoms with Crippen molar-refractivity contribution in [2.45, 2.75) is 32.7 Å². The summed E-state index contributed by atoms with van der Waals surface area (Å²) >= 11 is 5.97. The van der Waals surface area contributed by atoms with Gasteiger partial charge >= 0.3 is 5.69 Å². The van der Waals surface area contributed by atoms with E-state index in [0.717, 1.165) is 5.56 Å². The fraction of sp³-hybridized carbons (Fsp3) is 0.357. The van der Waals surface area contributed by atoms with E-state index in [2.05, 4.69) is 9.97 Å². The van der Waals surface area contributed by atoms with Crippen LogP contribution in [0.25, 0.3) is 0 Å². The third-order valence-corrected chi connectivity index (χ3v) is 3.57. The summed E-state index contributed by atoms with van der Waals surface area (Å²) in [5, 5.41) is 0.119. The Labute approximate surface area is 121 Å². The lowest BCUT2D eigenvalue weighted by molar-refractivity contribution is 0.566. The molecular weight excluding hydrogens is 278 g/mol. The predicted molar refractivity (Wildman–Crippen MR) is 78.5 cm³/mol. The summed E-state index contributed by atoms with van der Waals surface area (Å²) in [7, 11) is 0. The largest absolute Gasteiger partial charge is 0.330 e. The third-order valence-electron chi connectivity index (χ3n) is 3.27. The quantitative estimate of drug-likeness (QED) is 0.883. The number of pyridine rings is 1. The van der Waals surface area contributed by atoms with Crippen molar-refractivity contribution in [1.29, 1.82) is 0 Å². The van der Waals surface area contributed by atoms with E-state index in [0.29, 0.717) is 5.56 Å². The van der Waals surface area contributed by atoms with Crippen LogP contribution in [-0.2, 0) is 0 Å². The van der Waals surface area contributed by atoms with Crippen LogP contribution in [-0.4, -0.2) is 14.5 Å². The second-order valence-electron chi connectivity index (χ2n) is 4.94. The van der Waals surface area contributed by atoms with Gasteiger partial charge in [0.25, 0.3) is 5.56 Å². The van der Waals surface area contributed by atoms with E-state index >= 15 is 0 Å². The number of hydrogen-bond acceptors (Lipinski definition) is 3. The maximum absolute atomic E-state index is 12.5. The Kier molecular flexibility index (Phi) is 4.09. The van der Waals surface area contributed by atoms with Gasteiger partial charge in [-0.25, -0.2) is 4.79 Å². The zero-order chi connectivity index (χ0) is 14.9. The second kappa shape index (κ2) is 5.63. The monoisotopic (exact) mass is 293 g/mol. The van der Waals surface area contributed by atoms with E-state index < -0.39 is 5.69 Å². The highest BCUT2D eigenvalue weighted by molar-refractivity contribution is 6.30. The summed E-state index contributed by atoms with van der Waals surface area (Å²) in [5.41, 5.74) is 0.406. The van der Waals surface area contributed by atoms with Gasteiger partial charge < -0.3 is 0 Å². The van der Waals surface area contributed by atoms with Crippen molar-refractivity contribution >= 4 is 11.6 Å². The number of aromatic amines is 1. The number of nitrogens with zero attached hydrogens (tertiary/aromatic N) is 2. The van der Waals surface area contributed by atoms with Crippen molar-refractivity contribution in [3.05, 3.63) is 61.6 Å². The minimum atomic E-state index is -0.506. The normalized spacial score (nSPS) is 12.7. The molecule has 5 nitrogen and oxygen atoms in total. The van der Waals surface area contributed by atoms with Crippen molar-refractivity contribution in [2.75, 3.05) is 0 Å². The molecule has 0 aliphatic heterocycles. The average Bonchev–Trinajstić information content (AvgIpc) is 2.38. The Bertz CT molecular complexity index is 719. The molecule has 0 bridgehead atoms. The van der Waals surface area contributed by atoms with Crippen LogP contribution in [0.4, 0.5) is 0 Å². The van der Waals surface area contributed by atoms with Crippen LogP contribution in [0.15, 0.2) is 34.1 Å². The molecule has 1 unspecified atom stereocenters. The summed E-state index contributed by atoms with van der Waals surface area (Å²) in [6.45, 7) is 5.52. The molecule has 2 aromatic heterocycles. The maximum Gasteiger partial charge on any atom is 0.330 e. The van der Waals surface area contributed by atoms with Gasteiger partial charge in [-0.2, -0.15) is 0 Å². The number of H-pyrrole nitrogens is 1. The van der Waals surface area contributed by atoms with Crippen LogP contribution < -0.4 is 11.2 Å². The number of rotatable bonds is 3. The molecule has 0 amide bonds. The zero-order valence-corrected chi connectivity index (χ0v) is 12.3. The van der Waals surface area contributed by atoms with Crippen LogP contribution in [0.2, 0.25) is 5.15 Å². The van der Waals surface area contributed by atoms with E-state index in [-0.39, 0.29) is 22.7 Å². The Balaban J connectivity index is 2.67. The average molecular weight is 294 g/mol. The van der Waals surface area contributed by atoms with E-state index in [1.807, 2.05) is 13.8 Å². The maximum atomic E-state index is 12.5. The van der Waals surface area contributed by atoms with Crippen molar-refractivity contribution in [2.24, 2.45) is 0 Å².